The summed E-state index contributed by atoms with van der Waals surface area (Å²) >= 11 is 0. The van der Waals surface area contributed by atoms with Gasteiger partial charge in [-0.1, -0.05) is 0 Å². The summed E-state index contributed by atoms with van der Waals surface area (Å²) in [5, 5.41) is 7.62. The molecule has 1 aromatic rings. The highest BCUT2D eigenvalue weighted by molar-refractivity contribution is 14.0. The monoisotopic (exact) mass is 433 g/mol. The van der Waals surface area contributed by atoms with Crippen molar-refractivity contribution in [2.24, 2.45) is 18.0 Å². The quantitative estimate of drug-likeness (QED) is 0.439. The molecule has 23 heavy (non-hydrogen) atoms. The second-order valence-electron chi connectivity index (χ2n) is 6.31. The van der Waals surface area contributed by atoms with Gasteiger partial charge in [0.2, 0.25) is 0 Å². The average molecular weight is 433 g/mol. The van der Waals surface area contributed by atoms with Crippen molar-refractivity contribution in [3.05, 3.63) is 18.0 Å². The van der Waals surface area contributed by atoms with Gasteiger partial charge in [0.25, 0.3) is 0 Å². The zero-order valence-electron chi connectivity index (χ0n) is 14.1. The van der Waals surface area contributed by atoms with E-state index in [1.807, 2.05) is 31.0 Å². The van der Waals surface area contributed by atoms with Gasteiger partial charge in [0, 0.05) is 40.0 Å². The Morgan fingerprint density at radius 2 is 2.09 bits per heavy atom. The van der Waals surface area contributed by atoms with Gasteiger partial charge in [0.05, 0.1) is 18.3 Å². The van der Waals surface area contributed by atoms with Crippen LogP contribution in [0.2, 0.25) is 0 Å². The first-order valence-electron chi connectivity index (χ1n) is 8.30. The molecule has 0 radical (unpaired) electrons. The Kier molecular flexibility index (Phi) is 7.13. The normalized spacial score (nSPS) is 19.6. The number of aromatic nitrogens is 2. The van der Waals surface area contributed by atoms with Crippen LogP contribution in [0.15, 0.2) is 17.3 Å². The second kappa shape index (κ2) is 8.86. The number of guanidine groups is 1. The van der Waals surface area contributed by atoms with Gasteiger partial charge in [-0.15, -0.1) is 24.0 Å². The molecule has 1 aliphatic carbocycles. The van der Waals surface area contributed by atoms with Gasteiger partial charge in [-0.2, -0.15) is 5.10 Å². The van der Waals surface area contributed by atoms with E-state index in [0.29, 0.717) is 6.10 Å². The lowest BCUT2D eigenvalue weighted by Crippen LogP contribution is -2.47. The lowest BCUT2D eigenvalue weighted by Gasteiger charge is -2.34. The zero-order valence-corrected chi connectivity index (χ0v) is 16.4. The van der Waals surface area contributed by atoms with E-state index < -0.39 is 0 Å². The molecule has 2 fully saturated rings. The van der Waals surface area contributed by atoms with Crippen LogP contribution in [0.3, 0.4) is 0 Å². The highest BCUT2D eigenvalue weighted by Gasteiger charge is 2.26. The topological polar surface area (TPSA) is 54.7 Å². The highest BCUT2D eigenvalue weighted by Crippen LogP contribution is 2.30. The molecule has 1 N–H and O–H groups in total. The molecule has 1 aliphatic heterocycles. The van der Waals surface area contributed by atoms with Crippen LogP contribution in [0.5, 0.6) is 0 Å². The number of halogens is 1. The molecule has 0 amide bonds. The molecule has 2 heterocycles. The van der Waals surface area contributed by atoms with Crippen molar-refractivity contribution in [1.29, 1.82) is 0 Å². The molecule has 0 bridgehead atoms. The highest BCUT2D eigenvalue weighted by atomic mass is 127. The molecule has 0 atom stereocenters. The SMILES string of the molecule is CN=C(NCc1ccnn1C)N1CCC(OCC2CC2)CC1.I. The van der Waals surface area contributed by atoms with E-state index in [9.17, 15) is 0 Å². The largest absolute Gasteiger partial charge is 0.378 e. The Labute approximate surface area is 155 Å². The molecule has 0 unspecified atom stereocenters. The molecule has 0 aromatic carbocycles. The minimum absolute atomic E-state index is 0. The number of nitrogens with zero attached hydrogens (tertiary/aromatic N) is 4. The Bertz CT molecular complexity index is 506. The van der Waals surface area contributed by atoms with Crippen LogP contribution in [-0.2, 0) is 18.3 Å². The summed E-state index contributed by atoms with van der Waals surface area (Å²) < 4.78 is 7.89. The van der Waals surface area contributed by atoms with E-state index in [0.717, 1.165) is 56.7 Å². The van der Waals surface area contributed by atoms with E-state index in [1.54, 1.807) is 0 Å². The number of nitrogens with one attached hydrogen (secondary N) is 1. The van der Waals surface area contributed by atoms with Crippen molar-refractivity contribution < 1.29 is 4.74 Å². The maximum absolute atomic E-state index is 6.00. The summed E-state index contributed by atoms with van der Waals surface area (Å²) in [5.74, 6) is 1.83. The standard InChI is InChI=1S/C16H27N5O.HI/c1-17-16(18-11-14-5-8-19-20(14)2)21-9-6-15(7-10-21)22-12-13-3-4-13;/h5,8,13,15H,3-4,6-7,9-12H2,1-2H3,(H,17,18);1H. The van der Waals surface area contributed by atoms with Gasteiger partial charge < -0.3 is 15.0 Å². The number of aliphatic imine (C=N–C) groups is 1. The molecule has 130 valence electrons. The molecular formula is C16H28IN5O. The Hall–Kier alpha value is -0.830. The van der Waals surface area contributed by atoms with Crippen molar-refractivity contribution in [2.45, 2.75) is 38.3 Å². The number of ether oxygens (including phenoxy) is 1. The summed E-state index contributed by atoms with van der Waals surface area (Å²) in [6.07, 6.45) is 7.18. The van der Waals surface area contributed by atoms with E-state index in [1.165, 1.54) is 12.8 Å². The van der Waals surface area contributed by atoms with E-state index in [4.69, 9.17) is 4.74 Å². The number of piperidine rings is 1. The van der Waals surface area contributed by atoms with Gasteiger partial charge in [-0.25, -0.2) is 0 Å². The molecule has 1 saturated heterocycles. The molecule has 1 saturated carbocycles. The fraction of sp³-hybridized carbons (Fsp3) is 0.750. The summed E-state index contributed by atoms with van der Waals surface area (Å²) in [5.41, 5.74) is 1.16. The first-order chi connectivity index (χ1) is 10.8. The minimum Gasteiger partial charge on any atom is -0.378 e. The smallest absolute Gasteiger partial charge is 0.193 e. The van der Waals surface area contributed by atoms with Crippen molar-refractivity contribution in [3.8, 4) is 0 Å². The predicted molar refractivity (Wildman–Crippen MR) is 102 cm³/mol. The summed E-state index contributed by atoms with van der Waals surface area (Å²) in [6.45, 7) is 3.75. The maximum Gasteiger partial charge on any atom is 0.193 e. The van der Waals surface area contributed by atoms with Crippen LogP contribution >= 0.6 is 24.0 Å². The van der Waals surface area contributed by atoms with Gasteiger partial charge in [0.1, 0.15) is 0 Å². The van der Waals surface area contributed by atoms with Crippen LogP contribution < -0.4 is 5.32 Å². The van der Waals surface area contributed by atoms with Crippen LogP contribution in [0, 0.1) is 5.92 Å². The van der Waals surface area contributed by atoms with Crippen molar-refractivity contribution in [3.63, 3.8) is 0 Å². The van der Waals surface area contributed by atoms with Crippen LogP contribution in [0.1, 0.15) is 31.4 Å². The number of hydrogen-bond acceptors (Lipinski definition) is 3. The Balaban J connectivity index is 0.00000192. The number of rotatable bonds is 5. The molecule has 1 aromatic heterocycles. The Morgan fingerprint density at radius 1 is 1.35 bits per heavy atom. The van der Waals surface area contributed by atoms with E-state index >= 15 is 0 Å². The van der Waals surface area contributed by atoms with Crippen molar-refractivity contribution in [2.75, 3.05) is 26.7 Å². The second-order valence-corrected chi connectivity index (χ2v) is 6.31. The predicted octanol–water partition coefficient (Wildman–Crippen LogP) is 2.00. The molecule has 0 spiro atoms. The molecule has 7 heteroatoms. The van der Waals surface area contributed by atoms with Crippen LogP contribution in [0.4, 0.5) is 0 Å². The third kappa shape index (κ3) is 5.34. The van der Waals surface area contributed by atoms with Gasteiger partial charge in [0.15, 0.2) is 5.96 Å². The van der Waals surface area contributed by atoms with E-state index in [-0.39, 0.29) is 24.0 Å². The maximum atomic E-state index is 6.00. The lowest BCUT2D eigenvalue weighted by molar-refractivity contribution is 0.0131. The average Bonchev–Trinajstić information content (AvgIpc) is 3.29. The molecule has 3 rings (SSSR count). The zero-order chi connectivity index (χ0) is 15.4. The molecule has 2 aliphatic rings. The van der Waals surface area contributed by atoms with Crippen LogP contribution in [-0.4, -0.2) is 53.5 Å². The summed E-state index contributed by atoms with van der Waals surface area (Å²) in [4.78, 5) is 6.74. The van der Waals surface area contributed by atoms with Gasteiger partial charge >= 0.3 is 0 Å². The fourth-order valence-corrected chi connectivity index (χ4v) is 2.87. The number of hydrogen-bond donors (Lipinski definition) is 1. The Morgan fingerprint density at radius 3 is 2.65 bits per heavy atom. The third-order valence-corrected chi connectivity index (χ3v) is 4.57. The first-order valence-corrected chi connectivity index (χ1v) is 8.30. The van der Waals surface area contributed by atoms with Crippen LogP contribution in [0.25, 0.3) is 0 Å². The molecular weight excluding hydrogens is 405 g/mol. The van der Waals surface area contributed by atoms with Gasteiger partial charge in [-0.05, 0) is 37.7 Å². The van der Waals surface area contributed by atoms with Crippen molar-refractivity contribution in [1.82, 2.24) is 20.0 Å². The first kappa shape index (κ1) is 18.5. The lowest BCUT2D eigenvalue weighted by atomic mass is 10.1. The minimum atomic E-state index is 0. The fourth-order valence-electron chi connectivity index (χ4n) is 2.87. The van der Waals surface area contributed by atoms with Crippen molar-refractivity contribution >= 4 is 29.9 Å². The summed E-state index contributed by atoms with van der Waals surface area (Å²) in [6, 6.07) is 2.03. The number of likely N-dealkylation sites (tertiary alicyclic amines) is 1. The summed E-state index contributed by atoms with van der Waals surface area (Å²) in [7, 11) is 3.81. The van der Waals surface area contributed by atoms with Gasteiger partial charge in [-0.3, -0.25) is 9.67 Å². The van der Waals surface area contributed by atoms with E-state index in [2.05, 4.69) is 20.3 Å². The third-order valence-electron chi connectivity index (χ3n) is 4.57. The number of aryl methyl sites for hydroxylation is 1. The molecule has 6 nitrogen and oxygen atoms in total.